The van der Waals surface area contributed by atoms with Crippen molar-refractivity contribution in [2.75, 3.05) is 19.7 Å². The third-order valence-electron chi connectivity index (χ3n) is 4.98. The molecule has 0 spiro atoms. The van der Waals surface area contributed by atoms with Gasteiger partial charge in [-0.15, -0.1) is 0 Å². The summed E-state index contributed by atoms with van der Waals surface area (Å²) < 4.78 is 5.49. The predicted molar refractivity (Wildman–Crippen MR) is 83.0 cm³/mol. The van der Waals surface area contributed by atoms with E-state index < -0.39 is 5.60 Å². The molecule has 1 amide bonds. The number of piperidine rings is 1. The van der Waals surface area contributed by atoms with Gasteiger partial charge in [-0.3, -0.25) is 0 Å². The van der Waals surface area contributed by atoms with Crippen molar-refractivity contribution in [1.82, 2.24) is 4.90 Å². The van der Waals surface area contributed by atoms with Crippen molar-refractivity contribution in [1.29, 1.82) is 0 Å². The first-order valence-corrected chi connectivity index (χ1v) is 7.91. The van der Waals surface area contributed by atoms with Crippen molar-refractivity contribution >= 4 is 6.09 Å². The molecule has 1 aliphatic carbocycles. The molecule has 2 atom stereocenters. The van der Waals surface area contributed by atoms with E-state index in [0.29, 0.717) is 12.5 Å². The van der Waals surface area contributed by atoms with Crippen molar-refractivity contribution in [2.45, 2.75) is 59.5 Å². The summed E-state index contributed by atoms with van der Waals surface area (Å²) in [5.41, 5.74) is 2.17. The lowest BCUT2D eigenvalue weighted by Crippen LogP contribution is -2.54. The SMILES string of the molecule is CC1=C(C)C[C@]2(CO)CN(C(=O)OC(C)(C)C)CC[C@@H]2C1. The fourth-order valence-corrected chi connectivity index (χ4v) is 3.67. The number of aliphatic hydroxyl groups excluding tert-OH is 1. The Labute approximate surface area is 128 Å². The molecule has 0 saturated carbocycles. The van der Waals surface area contributed by atoms with E-state index in [-0.39, 0.29) is 18.1 Å². The van der Waals surface area contributed by atoms with E-state index in [2.05, 4.69) is 13.8 Å². The highest BCUT2D eigenvalue weighted by atomic mass is 16.6. The van der Waals surface area contributed by atoms with E-state index in [0.717, 1.165) is 25.8 Å². The number of ether oxygens (including phenoxy) is 1. The van der Waals surface area contributed by atoms with Crippen LogP contribution in [-0.4, -0.2) is 41.4 Å². The molecule has 4 nitrogen and oxygen atoms in total. The van der Waals surface area contributed by atoms with E-state index in [1.54, 1.807) is 4.90 Å². The number of likely N-dealkylation sites (tertiary alicyclic amines) is 1. The first-order valence-electron chi connectivity index (χ1n) is 7.91. The second-order valence-electron chi connectivity index (χ2n) is 7.85. The molecular formula is C17H29NO3. The number of carbonyl (C=O) groups is 1. The first kappa shape index (κ1) is 16.3. The van der Waals surface area contributed by atoms with Crippen LogP contribution in [0.5, 0.6) is 0 Å². The lowest BCUT2D eigenvalue weighted by Gasteiger charge is -2.50. The van der Waals surface area contributed by atoms with Gasteiger partial charge >= 0.3 is 6.09 Å². The number of carbonyl (C=O) groups excluding carboxylic acids is 1. The van der Waals surface area contributed by atoms with Gasteiger partial charge in [0, 0.05) is 18.5 Å². The highest BCUT2D eigenvalue weighted by Crippen LogP contribution is 2.48. The van der Waals surface area contributed by atoms with Gasteiger partial charge in [-0.05, 0) is 59.8 Å². The smallest absolute Gasteiger partial charge is 0.410 e. The second kappa shape index (κ2) is 5.64. The van der Waals surface area contributed by atoms with Crippen LogP contribution in [0.15, 0.2) is 11.1 Å². The molecule has 0 aromatic heterocycles. The van der Waals surface area contributed by atoms with Crippen molar-refractivity contribution in [3.05, 3.63) is 11.1 Å². The highest BCUT2D eigenvalue weighted by Gasteiger charge is 2.46. The van der Waals surface area contributed by atoms with E-state index >= 15 is 0 Å². The Hall–Kier alpha value is -1.03. The van der Waals surface area contributed by atoms with Gasteiger partial charge < -0.3 is 14.7 Å². The van der Waals surface area contributed by atoms with Crippen LogP contribution in [0, 0.1) is 11.3 Å². The number of fused-ring (bicyclic) bond motifs is 1. The highest BCUT2D eigenvalue weighted by molar-refractivity contribution is 5.68. The first-order chi connectivity index (χ1) is 9.67. The molecule has 0 bridgehead atoms. The van der Waals surface area contributed by atoms with E-state index in [9.17, 15) is 9.90 Å². The Morgan fingerprint density at radius 1 is 1.38 bits per heavy atom. The standard InChI is InChI=1S/C17H29NO3/c1-12-8-14-6-7-18(15(20)21-16(3,4)5)10-17(14,11-19)9-13(12)2/h14,19H,6-11H2,1-5H3/t14-,17-/m1/s1. The molecule has 1 saturated heterocycles. The number of hydrogen-bond donors (Lipinski definition) is 1. The quantitative estimate of drug-likeness (QED) is 0.755. The minimum atomic E-state index is -0.473. The number of amides is 1. The van der Waals surface area contributed by atoms with Crippen LogP contribution in [-0.2, 0) is 4.74 Å². The fraction of sp³-hybridized carbons (Fsp3) is 0.824. The Bertz CT molecular complexity index is 449. The van der Waals surface area contributed by atoms with Gasteiger partial charge in [-0.25, -0.2) is 4.79 Å². The van der Waals surface area contributed by atoms with Crippen molar-refractivity contribution < 1.29 is 14.6 Å². The number of nitrogens with zero attached hydrogens (tertiary/aromatic N) is 1. The maximum Gasteiger partial charge on any atom is 0.410 e. The zero-order valence-corrected chi connectivity index (χ0v) is 14.0. The van der Waals surface area contributed by atoms with E-state index in [1.165, 1.54) is 11.1 Å². The molecule has 0 unspecified atom stereocenters. The molecular weight excluding hydrogens is 266 g/mol. The molecule has 0 aromatic rings. The van der Waals surface area contributed by atoms with Gasteiger partial charge in [0.25, 0.3) is 0 Å². The van der Waals surface area contributed by atoms with Gasteiger partial charge in [0.1, 0.15) is 5.60 Å². The number of hydrogen-bond acceptors (Lipinski definition) is 3. The lowest BCUT2D eigenvalue weighted by molar-refractivity contribution is -0.0385. The Morgan fingerprint density at radius 2 is 2.05 bits per heavy atom. The molecule has 21 heavy (non-hydrogen) atoms. The average molecular weight is 295 g/mol. The zero-order chi connectivity index (χ0) is 15.8. The third kappa shape index (κ3) is 3.42. The summed E-state index contributed by atoms with van der Waals surface area (Å²) in [4.78, 5) is 14.1. The molecule has 1 aliphatic heterocycles. The maximum atomic E-state index is 12.3. The summed E-state index contributed by atoms with van der Waals surface area (Å²) in [5, 5.41) is 10.0. The Balaban J connectivity index is 2.14. The largest absolute Gasteiger partial charge is 0.444 e. The topological polar surface area (TPSA) is 49.8 Å². The van der Waals surface area contributed by atoms with Gasteiger partial charge in [0.2, 0.25) is 0 Å². The summed E-state index contributed by atoms with van der Waals surface area (Å²) in [6.45, 7) is 11.5. The maximum absolute atomic E-state index is 12.3. The molecule has 4 heteroatoms. The van der Waals surface area contributed by atoms with Gasteiger partial charge in [0.05, 0.1) is 6.61 Å². The van der Waals surface area contributed by atoms with Gasteiger partial charge in [0.15, 0.2) is 0 Å². The van der Waals surface area contributed by atoms with Gasteiger partial charge in [-0.2, -0.15) is 0 Å². The molecule has 0 aromatic carbocycles. The molecule has 1 heterocycles. The summed E-state index contributed by atoms with van der Waals surface area (Å²) >= 11 is 0. The third-order valence-corrected chi connectivity index (χ3v) is 4.98. The van der Waals surface area contributed by atoms with Crippen LogP contribution < -0.4 is 0 Å². The van der Waals surface area contributed by atoms with E-state index in [1.807, 2.05) is 20.8 Å². The summed E-state index contributed by atoms with van der Waals surface area (Å²) in [6, 6.07) is 0. The Morgan fingerprint density at radius 3 is 2.62 bits per heavy atom. The molecule has 120 valence electrons. The van der Waals surface area contributed by atoms with Crippen LogP contribution in [0.2, 0.25) is 0 Å². The molecule has 0 radical (unpaired) electrons. The molecule has 2 rings (SSSR count). The predicted octanol–water partition coefficient (Wildman–Crippen LogP) is 3.35. The fourth-order valence-electron chi connectivity index (χ4n) is 3.67. The van der Waals surface area contributed by atoms with Crippen LogP contribution in [0.1, 0.15) is 53.9 Å². The lowest BCUT2D eigenvalue weighted by atomic mass is 9.62. The number of aliphatic hydroxyl groups is 1. The number of allylic oxidation sites excluding steroid dienone is 2. The summed E-state index contributed by atoms with van der Waals surface area (Å²) in [5.74, 6) is 0.477. The van der Waals surface area contributed by atoms with Crippen LogP contribution >= 0.6 is 0 Å². The van der Waals surface area contributed by atoms with Crippen molar-refractivity contribution in [2.24, 2.45) is 11.3 Å². The van der Waals surface area contributed by atoms with Crippen molar-refractivity contribution in [3.8, 4) is 0 Å². The molecule has 1 N–H and O–H groups in total. The number of rotatable bonds is 1. The Kier molecular flexibility index (Phi) is 4.39. The minimum absolute atomic E-state index is 0.140. The van der Waals surface area contributed by atoms with E-state index in [4.69, 9.17) is 4.74 Å². The van der Waals surface area contributed by atoms with Crippen molar-refractivity contribution in [3.63, 3.8) is 0 Å². The molecule has 2 aliphatic rings. The zero-order valence-electron chi connectivity index (χ0n) is 14.0. The minimum Gasteiger partial charge on any atom is -0.444 e. The monoisotopic (exact) mass is 295 g/mol. The van der Waals surface area contributed by atoms with Gasteiger partial charge in [-0.1, -0.05) is 11.1 Å². The summed E-state index contributed by atoms with van der Waals surface area (Å²) in [7, 11) is 0. The average Bonchev–Trinajstić information content (AvgIpc) is 2.37. The second-order valence-corrected chi connectivity index (χ2v) is 7.85. The van der Waals surface area contributed by atoms with Crippen LogP contribution in [0.4, 0.5) is 4.79 Å². The molecule has 1 fully saturated rings. The summed E-state index contributed by atoms with van der Waals surface area (Å²) in [6.07, 6.45) is 2.64. The van der Waals surface area contributed by atoms with Crippen LogP contribution in [0.25, 0.3) is 0 Å². The normalized spacial score (nSPS) is 30.2. The van der Waals surface area contributed by atoms with Crippen LogP contribution in [0.3, 0.4) is 0 Å².